The lowest BCUT2D eigenvalue weighted by Crippen LogP contribution is -2.28. The number of ether oxygens (including phenoxy) is 2. The van der Waals surface area contributed by atoms with Gasteiger partial charge in [0.05, 0.1) is 24.7 Å². The van der Waals surface area contributed by atoms with E-state index >= 15 is 0 Å². The van der Waals surface area contributed by atoms with Crippen molar-refractivity contribution in [2.24, 2.45) is 11.8 Å². The smallest absolute Gasteiger partial charge is 0.310 e. The molecule has 1 aromatic carbocycles. The maximum absolute atomic E-state index is 11.6. The number of hydrogen-bond donors (Lipinski definition) is 0. The highest BCUT2D eigenvalue weighted by atomic mass is 16.5. The van der Waals surface area contributed by atoms with Crippen molar-refractivity contribution in [2.75, 3.05) is 33.4 Å². The summed E-state index contributed by atoms with van der Waals surface area (Å²) in [6.07, 6.45) is 0. The van der Waals surface area contributed by atoms with E-state index in [0.29, 0.717) is 18.1 Å². The molecule has 2 rings (SSSR count). The van der Waals surface area contributed by atoms with Crippen LogP contribution in [0, 0.1) is 23.2 Å². The van der Waals surface area contributed by atoms with Gasteiger partial charge in [-0.1, -0.05) is 6.92 Å². The summed E-state index contributed by atoms with van der Waals surface area (Å²) >= 11 is 0. The molecule has 1 aliphatic heterocycles. The van der Waals surface area contributed by atoms with E-state index in [0.717, 1.165) is 25.4 Å². The molecule has 0 radical (unpaired) electrons. The first kappa shape index (κ1) is 15.3. The number of nitrogens with zero attached hydrogens (tertiary/aromatic N) is 2. The number of hydrogen-bond acceptors (Lipinski definition) is 5. The van der Waals surface area contributed by atoms with Crippen LogP contribution < -0.4 is 4.74 Å². The van der Waals surface area contributed by atoms with Crippen LogP contribution in [0.3, 0.4) is 0 Å². The van der Waals surface area contributed by atoms with Gasteiger partial charge in [-0.05, 0) is 30.2 Å². The molecule has 0 aliphatic carbocycles. The Kier molecular flexibility index (Phi) is 5.18. The highest BCUT2D eigenvalue weighted by Gasteiger charge is 2.35. The molecule has 0 aromatic heterocycles. The quantitative estimate of drug-likeness (QED) is 0.771. The Labute approximate surface area is 125 Å². The second-order valence-corrected chi connectivity index (χ2v) is 5.35. The van der Waals surface area contributed by atoms with E-state index in [1.807, 2.05) is 0 Å². The highest BCUT2D eigenvalue weighted by molar-refractivity contribution is 5.73. The number of esters is 1. The Morgan fingerprint density at radius 2 is 2.10 bits per heavy atom. The number of methoxy groups -OCH3 is 1. The second kappa shape index (κ2) is 7.09. The molecule has 2 atom stereocenters. The van der Waals surface area contributed by atoms with E-state index in [4.69, 9.17) is 14.7 Å². The van der Waals surface area contributed by atoms with E-state index in [1.165, 1.54) is 7.11 Å². The lowest BCUT2D eigenvalue weighted by atomic mass is 9.99. The van der Waals surface area contributed by atoms with Crippen molar-refractivity contribution in [1.82, 2.24) is 4.90 Å². The van der Waals surface area contributed by atoms with E-state index < -0.39 is 0 Å². The molecule has 5 heteroatoms. The summed E-state index contributed by atoms with van der Waals surface area (Å²) in [5.41, 5.74) is 0.622. The van der Waals surface area contributed by atoms with Crippen LogP contribution in [0.25, 0.3) is 0 Å². The number of carbonyl (C=O) groups excluding carboxylic acids is 1. The van der Waals surface area contributed by atoms with Gasteiger partial charge in [-0.15, -0.1) is 0 Å². The zero-order valence-electron chi connectivity index (χ0n) is 12.4. The number of carbonyl (C=O) groups is 1. The van der Waals surface area contributed by atoms with Gasteiger partial charge in [-0.25, -0.2) is 0 Å². The summed E-state index contributed by atoms with van der Waals surface area (Å²) in [5.74, 6) is 0.904. The SMILES string of the molecule is COC(=O)C1CN(CCOc2ccc(C#N)cc2)CC1C. The van der Waals surface area contributed by atoms with Crippen molar-refractivity contribution in [3.05, 3.63) is 29.8 Å². The molecule has 0 saturated carbocycles. The highest BCUT2D eigenvalue weighted by Crippen LogP contribution is 2.23. The Hall–Kier alpha value is -2.06. The maximum atomic E-state index is 11.6. The molecule has 0 spiro atoms. The standard InChI is InChI=1S/C16H20N2O3/c1-12-10-18(11-15(12)16(19)20-2)7-8-21-14-5-3-13(9-17)4-6-14/h3-6,12,15H,7-8,10-11H2,1-2H3. The van der Waals surface area contributed by atoms with Crippen LogP contribution >= 0.6 is 0 Å². The summed E-state index contributed by atoms with van der Waals surface area (Å²) in [4.78, 5) is 13.8. The Balaban J connectivity index is 1.76. The van der Waals surface area contributed by atoms with Gasteiger partial charge in [0.15, 0.2) is 0 Å². The van der Waals surface area contributed by atoms with Crippen molar-refractivity contribution in [3.8, 4) is 11.8 Å². The lowest BCUT2D eigenvalue weighted by molar-refractivity contribution is -0.146. The molecule has 112 valence electrons. The fourth-order valence-electron chi connectivity index (χ4n) is 2.63. The largest absolute Gasteiger partial charge is 0.492 e. The lowest BCUT2D eigenvalue weighted by Gasteiger charge is -2.15. The van der Waals surface area contributed by atoms with Crippen molar-refractivity contribution < 1.29 is 14.3 Å². The van der Waals surface area contributed by atoms with Gasteiger partial charge < -0.3 is 9.47 Å². The topological polar surface area (TPSA) is 62.6 Å². The first-order chi connectivity index (χ1) is 10.1. The monoisotopic (exact) mass is 288 g/mol. The molecule has 1 aromatic rings. The van der Waals surface area contributed by atoms with Crippen LogP contribution in [0.4, 0.5) is 0 Å². The normalized spacial score (nSPS) is 21.8. The molecule has 1 heterocycles. The molecule has 0 bridgehead atoms. The molecule has 2 unspecified atom stereocenters. The van der Waals surface area contributed by atoms with Crippen LogP contribution in [-0.2, 0) is 9.53 Å². The minimum Gasteiger partial charge on any atom is -0.492 e. The third-order valence-electron chi connectivity index (χ3n) is 3.85. The Morgan fingerprint density at radius 3 is 2.71 bits per heavy atom. The van der Waals surface area contributed by atoms with E-state index in [9.17, 15) is 4.79 Å². The minimum absolute atomic E-state index is 0.0371. The van der Waals surface area contributed by atoms with Gasteiger partial charge in [-0.3, -0.25) is 9.69 Å². The zero-order valence-corrected chi connectivity index (χ0v) is 12.4. The van der Waals surface area contributed by atoms with Crippen LogP contribution in [0.1, 0.15) is 12.5 Å². The summed E-state index contributed by atoms with van der Waals surface area (Å²) in [5, 5.41) is 8.73. The third-order valence-corrected chi connectivity index (χ3v) is 3.85. The van der Waals surface area contributed by atoms with E-state index in [-0.39, 0.29) is 11.9 Å². The van der Waals surface area contributed by atoms with Crippen LogP contribution in [0.2, 0.25) is 0 Å². The van der Waals surface area contributed by atoms with Crippen LogP contribution in [-0.4, -0.2) is 44.2 Å². The van der Waals surface area contributed by atoms with Crippen molar-refractivity contribution >= 4 is 5.97 Å². The number of benzene rings is 1. The van der Waals surface area contributed by atoms with Gasteiger partial charge >= 0.3 is 5.97 Å². The first-order valence-electron chi connectivity index (χ1n) is 7.07. The van der Waals surface area contributed by atoms with Gasteiger partial charge in [0.25, 0.3) is 0 Å². The minimum atomic E-state index is -0.127. The number of rotatable bonds is 5. The van der Waals surface area contributed by atoms with Crippen LogP contribution in [0.5, 0.6) is 5.75 Å². The number of nitriles is 1. The summed E-state index contributed by atoms with van der Waals surface area (Å²) in [6.45, 7) is 5.02. The first-order valence-corrected chi connectivity index (χ1v) is 7.07. The van der Waals surface area contributed by atoms with Gasteiger partial charge in [-0.2, -0.15) is 5.26 Å². The molecular formula is C16H20N2O3. The Bertz CT molecular complexity index is 521. The molecule has 1 saturated heterocycles. The number of likely N-dealkylation sites (tertiary alicyclic amines) is 1. The average Bonchev–Trinajstić information content (AvgIpc) is 2.88. The Morgan fingerprint density at radius 1 is 1.38 bits per heavy atom. The fraction of sp³-hybridized carbons (Fsp3) is 0.500. The van der Waals surface area contributed by atoms with Gasteiger partial charge in [0.2, 0.25) is 0 Å². The summed E-state index contributed by atoms with van der Waals surface area (Å²) < 4.78 is 10.5. The molecule has 0 N–H and O–H groups in total. The molecule has 0 amide bonds. The summed E-state index contributed by atoms with van der Waals surface area (Å²) in [6, 6.07) is 9.13. The van der Waals surface area contributed by atoms with Crippen LogP contribution in [0.15, 0.2) is 24.3 Å². The average molecular weight is 288 g/mol. The second-order valence-electron chi connectivity index (χ2n) is 5.35. The predicted octanol–water partition coefficient (Wildman–Crippen LogP) is 1.68. The van der Waals surface area contributed by atoms with Gasteiger partial charge in [0.1, 0.15) is 12.4 Å². The third kappa shape index (κ3) is 3.96. The molecule has 5 nitrogen and oxygen atoms in total. The fourth-order valence-corrected chi connectivity index (χ4v) is 2.63. The zero-order chi connectivity index (χ0) is 15.2. The molecule has 21 heavy (non-hydrogen) atoms. The predicted molar refractivity (Wildman–Crippen MR) is 77.8 cm³/mol. The van der Waals surface area contributed by atoms with E-state index in [2.05, 4.69) is 17.9 Å². The van der Waals surface area contributed by atoms with E-state index in [1.54, 1.807) is 24.3 Å². The summed E-state index contributed by atoms with van der Waals surface area (Å²) in [7, 11) is 1.44. The van der Waals surface area contributed by atoms with Gasteiger partial charge in [0, 0.05) is 19.6 Å². The van der Waals surface area contributed by atoms with Crippen molar-refractivity contribution in [2.45, 2.75) is 6.92 Å². The molecule has 1 aliphatic rings. The van der Waals surface area contributed by atoms with Crippen molar-refractivity contribution in [3.63, 3.8) is 0 Å². The molecule has 1 fully saturated rings. The molecular weight excluding hydrogens is 268 g/mol. The maximum Gasteiger partial charge on any atom is 0.310 e. The van der Waals surface area contributed by atoms with Crippen molar-refractivity contribution in [1.29, 1.82) is 5.26 Å².